The Kier molecular flexibility index (Phi) is 5.77. The van der Waals surface area contributed by atoms with Crippen LogP contribution in [0.3, 0.4) is 0 Å². The van der Waals surface area contributed by atoms with Gasteiger partial charge in [0.05, 0.1) is 25.4 Å². The second-order valence-electron chi connectivity index (χ2n) is 4.87. The van der Waals surface area contributed by atoms with E-state index in [4.69, 9.17) is 4.74 Å². The molecule has 1 atom stereocenters. The predicted molar refractivity (Wildman–Crippen MR) is 89.0 cm³/mol. The van der Waals surface area contributed by atoms with Crippen molar-refractivity contribution < 1.29 is 4.74 Å². The average molecular weight is 298 g/mol. The number of guanidine groups is 1. The van der Waals surface area contributed by atoms with Gasteiger partial charge in [-0.3, -0.25) is 4.99 Å². The first-order valence-electron chi connectivity index (χ1n) is 7.25. The Morgan fingerprint density at radius 3 is 2.64 bits per heavy atom. The Labute approximate surface area is 131 Å². The van der Waals surface area contributed by atoms with Crippen molar-refractivity contribution in [3.63, 3.8) is 0 Å². The second-order valence-corrected chi connectivity index (χ2v) is 4.87. The fourth-order valence-electron chi connectivity index (χ4n) is 2.07. The van der Waals surface area contributed by atoms with Crippen LogP contribution in [0.4, 0.5) is 0 Å². The Hall–Kier alpha value is -2.56. The lowest BCUT2D eigenvalue weighted by molar-refractivity contribution is 0.396. The van der Waals surface area contributed by atoms with E-state index in [9.17, 15) is 0 Å². The highest BCUT2D eigenvalue weighted by Gasteiger charge is 2.07. The largest absolute Gasteiger partial charge is 0.481 e. The van der Waals surface area contributed by atoms with E-state index in [1.54, 1.807) is 14.2 Å². The normalized spacial score (nSPS) is 12.6. The maximum atomic E-state index is 5.13. The number of rotatable bonds is 5. The molecule has 1 aromatic heterocycles. The number of pyridine rings is 1. The molecule has 0 saturated heterocycles. The van der Waals surface area contributed by atoms with Gasteiger partial charge in [0.15, 0.2) is 5.96 Å². The molecule has 1 unspecified atom stereocenters. The highest BCUT2D eigenvalue weighted by atomic mass is 16.5. The highest BCUT2D eigenvalue weighted by molar-refractivity contribution is 5.80. The lowest BCUT2D eigenvalue weighted by Crippen LogP contribution is -2.38. The first-order chi connectivity index (χ1) is 10.7. The van der Waals surface area contributed by atoms with E-state index < -0.39 is 0 Å². The summed E-state index contributed by atoms with van der Waals surface area (Å²) < 4.78 is 5.13. The number of hydrogen-bond donors (Lipinski definition) is 2. The number of benzene rings is 1. The topological polar surface area (TPSA) is 58.5 Å². The Balaban J connectivity index is 1.92. The van der Waals surface area contributed by atoms with Crippen molar-refractivity contribution in [3.8, 4) is 5.88 Å². The molecule has 2 N–H and O–H groups in total. The quantitative estimate of drug-likeness (QED) is 0.658. The van der Waals surface area contributed by atoms with Crippen LogP contribution in [0.25, 0.3) is 0 Å². The molecule has 116 valence electrons. The fraction of sp³-hybridized carbons (Fsp3) is 0.294. The molecule has 2 rings (SSSR count). The zero-order valence-corrected chi connectivity index (χ0v) is 13.2. The number of nitrogens with zero attached hydrogens (tertiary/aromatic N) is 2. The second kappa shape index (κ2) is 8.02. The molecular formula is C17H22N4O. The minimum atomic E-state index is 0.172. The minimum absolute atomic E-state index is 0.172. The van der Waals surface area contributed by atoms with E-state index in [1.807, 2.05) is 36.4 Å². The molecule has 0 saturated carbocycles. The number of ether oxygens (including phenoxy) is 1. The van der Waals surface area contributed by atoms with E-state index in [2.05, 4.69) is 39.7 Å². The summed E-state index contributed by atoms with van der Waals surface area (Å²) in [6, 6.07) is 16.1. The molecule has 22 heavy (non-hydrogen) atoms. The third-order valence-corrected chi connectivity index (χ3v) is 3.30. The molecule has 5 heteroatoms. The van der Waals surface area contributed by atoms with Gasteiger partial charge in [-0.2, -0.15) is 0 Å². The molecule has 0 aliphatic rings. The third-order valence-electron chi connectivity index (χ3n) is 3.30. The molecule has 2 aromatic rings. The van der Waals surface area contributed by atoms with Crippen LogP contribution >= 0.6 is 0 Å². The third kappa shape index (κ3) is 4.48. The molecule has 0 radical (unpaired) electrons. The molecule has 0 amide bonds. The first-order valence-corrected chi connectivity index (χ1v) is 7.25. The van der Waals surface area contributed by atoms with Gasteiger partial charge in [0.25, 0.3) is 0 Å². The smallest absolute Gasteiger partial charge is 0.213 e. The lowest BCUT2D eigenvalue weighted by Gasteiger charge is -2.18. The van der Waals surface area contributed by atoms with E-state index in [-0.39, 0.29) is 6.04 Å². The number of methoxy groups -OCH3 is 1. The van der Waals surface area contributed by atoms with Gasteiger partial charge in [-0.1, -0.05) is 36.4 Å². The molecule has 0 fully saturated rings. The maximum absolute atomic E-state index is 5.13. The Bertz CT molecular complexity index is 613. The first kappa shape index (κ1) is 15.8. The van der Waals surface area contributed by atoms with Crippen LogP contribution in [-0.4, -0.2) is 25.1 Å². The molecule has 0 aliphatic heterocycles. The molecule has 1 aromatic carbocycles. The van der Waals surface area contributed by atoms with Crippen LogP contribution in [0.15, 0.2) is 53.5 Å². The van der Waals surface area contributed by atoms with E-state index >= 15 is 0 Å². The molecule has 1 heterocycles. The minimum Gasteiger partial charge on any atom is -0.481 e. The molecule has 5 nitrogen and oxygen atoms in total. The van der Waals surface area contributed by atoms with Crippen molar-refractivity contribution in [2.75, 3.05) is 14.2 Å². The fourth-order valence-corrected chi connectivity index (χ4v) is 2.07. The Morgan fingerprint density at radius 2 is 1.95 bits per heavy atom. The molecular weight excluding hydrogens is 276 g/mol. The van der Waals surface area contributed by atoms with Gasteiger partial charge in [-0.05, 0) is 18.6 Å². The van der Waals surface area contributed by atoms with E-state index in [0.717, 1.165) is 11.7 Å². The SMILES string of the molecule is CN=C(NCc1cccc(OC)n1)NC(C)c1ccccc1. The van der Waals surface area contributed by atoms with Crippen LogP contribution in [0.2, 0.25) is 0 Å². The van der Waals surface area contributed by atoms with Crippen LogP contribution < -0.4 is 15.4 Å². The summed E-state index contributed by atoms with van der Waals surface area (Å²) in [6.07, 6.45) is 0. The number of hydrogen-bond acceptors (Lipinski definition) is 3. The summed E-state index contributed by atoms with van der Waals surface area (Å²) in [5.41, 5.74) is 2.11. The van der Waals surface area contributed by atoms with Gasteiger partial charge < -0.3 is 15.4 Å². The van der Waals surface area contributed by atoms with Crippen LogP contribution in [0.5, 0.6) is 5.88 Å². The zero-order valence-electron chi connectivity index (χ0n) is 13.2. The van der Waals surface area contributed by atoms with Gasteiger partial charge in [-0.25, -0.2) is 4.98 Å². The van der Waals surface area contributed by atoms with Gasteiger partial charge in [0, 0.05) is 13.1 Å². The maximum Gasteiger partial charge on any atom is 0.213 e. The summed E-state index contributed by atoms with van der Waals surface area (Å²) >= 11 is 0. The standard InChI is InChI=1S/C17H22N4O/c1-13(14-8-5-4-6-9-14)20-17(18-2)19-12-15-10-7-11-16(21-15)22-3/h4-11,13H,12H2,1-3H3,(H2,18,19,20). The monoisotopic (exact) mass is 298 g/mol. The molecule has 0 bridgehead atoms. The van der Waals surface area contributed by atoms with Gasteiger partial charge in [0.1, 0.15) is 0 Å². The van der Waals surface area contributed by atoms with Crippen molar-refractivity contribution >= 4 is 5.96 Å². The summed E-state index contributed by atoms with van der Waals surface area (Å²) in [5.74, 6) is 1.35. The highest BCUT2D eigenvalue weighted by Crippen LogP contribution is 2.11. The summed E-state index contributed by atoms with van der Waals surface area (Å²) in [4.78, 5) is 8.61. The summed E-state index contributed by atoms with van der Waals surface area (Å²) in [6.45, 7) is 2.68. The van der Waals surface area contributed by atoms with Crippen molar-refractivity contribution in [3.05, 3.63) is 59.8 Å². The molecule has 0 spiro atoms. The number of aromatic nitrogens is 1. The van der Waals surface area contributed by atoms with Crippen LogP contribution in [0, 0.1) is 0 Å². The van der Waals surface area contributed by atoms with E-state index in [1.165, 1.54) is 5.56 Å². The van der Waals surface area contributed by atoms with Gasteiger partial charge >= 0.3 is 0 Å². The number of nitrogens with one attached hydrogen (secondary N) is 2. The van der Waals surface area contributed by atoms with Crippen LogP contribution in [-0.2, 0) is 6.54 Å². The van der Waals surface area contributed by atoms with Gasteiger partial charge in [-0.15, -0.1) is 0 Å². The number of aliphatic imine (C=N–C) groups is 1. The van der Waals surface area contributed by atoms with E-state index in [0.29, 0.717) is 12.4 Å². The zero-order chi connectivity index (χ0) is 15.8. The van der Waals surface area contributed by atoms with Crippen molar-refractivity contribution in [1.82, 2.24) is 15.6 Å². The lowest BCUT2D eigenvalue weighted by atomic mass is 10.1. The van der Waals surface area contributed by atoms with Crippen LogP contribution in [0.1, 0.15) is 24.2 Å². The Morgan fingerprint density at radius 1 is 1.18 bits per heavy atom. The molecule has 0 aliphatic carbocycles. The summed E-state index contributed by atoms with van der Waals surface area (Å²) in [7, 11) is 3.37. The predicted octanol–water partition coefficient (Wildman–Crippen LogP) is 2.52. The van der Waals surface area contributed by atoms with Gasteiger partial charge in [0.2, 0.25) is 5.88 Å². The summed E-state index contributed by atoms with van der Waals surface area (Å²) in [5, 5.41) is 6.62. The van der Waals surface area contributed by atoms with Crippen molar-refractivity contribution in [2.24, 2.45) is 4.99 Å². The average Bonchev–Trinajstić information content (AvgIpc) is 2.59. The van der Waals surface area contributed by atoms with Crippen molar-refractivity contribution in [1.29, 1.82) is 0 Å². The van der Waals surface area contributed by atoms with Crippen molar-refractivity contribution in [2.45, 2.75) is 19.5 Å².